The average Bonchev–Trinajstić information content (AvgIpc) is 3.26. The summed E-state index contributed by atoms with van der Waals surface area (Å²) in [6.07, 6.45) is 5.06. The van der Waals surface area contributed by atoms with Crippen molar-refractivity contribution in [2.24, 2.45) is 4.99 Å². The van der Waals surface area contributed by atoms with E-state index in [0.717, 1.165) is 55.4 Å². The van der Waals surface area contributed by atoms with E-state index in [2.05, 4.69) is 64.8 Å². The Morgan fingerprint density at radius 2 is 1.77 bits per heavy atom. The maximum Gasteiger partial charge on any atom is 0.190 e. The highest BCUT2D eigenvalue weighted by Gasteiger charge is 2.07. The van der Waals surface area contributed by atoms with Crippen molar-refractivity contribution in [3.63, 3.8) is 0 Å². The molecule has 0 unspecified atom stereocenters. The van der Waals surface area contributed by atoms with Crippen LogP contribution in [0.1, 0.15) is 33.3 Å². The molecule has 30 heavy (non-hydrogen) atoms. The number of nitrogens with zero attached hydrogens (tertiary/aromatic N) is 4. The second-order valence-corrected chi connectivity index (χ2v) is 8.34. The Kier molecular flexibility index (Phi) is 9.77. The van der Waals surface area contributed by atoms with Crippen molar-refractivity contribution in [1.82, 2.24) is 25.4 Å². The number of aliphatic imine (C=N–C) groups is 1. The van der Waals surface area contributed by atoms with Gasteiger partial charge in [-0.05, 0) is 51.3 Å². The minimum Gasteiger partial charge on any atom is -0.356 e. The number of guanidine groups is 1. The fraction of sp³-hybridized carbons (Fsp3) is 0.409. The number of para-hydroxylation sites is 1. The number of benzene rings is 1. The molecule has 0 saturated heterocycles. The Balaban J connectivity index is 0.00000320. The van der Waals surface area contributed by atoms with Gasteiger partial charge in [-0.3, -0.25) is 4.99 Å². The Morgan fingerprint density at radius 1 is 1.03 bits per heavy atom. The first-order valence-electron chi connectivity index (χ1n) is 10.0. The van der Waals surface area contributed by atoms with Crippen LogP contribution in [0.15, 0.2) is 41.5 Å². The van der Waals surface area contributed by atoms with E-state index in [4.69, 9.17) is 0 Å². The van der Waals surface area contributed by atoms with Crippen molar-refractivity contribution in [2.45, 2.75) is 40.0 Å². The summed E-state index contributed by atoms with van der Waals surface area (Å²) in [4.78, 5) is 10.2. The topological polar surface area (TPSA) is 67.1 Å². The quantitative estimate of drug-likeness (QED) is 0.195. The van der Waals surface area contributed by atoms with E-state index < -0.39 is 0 Å². The number of hydrogen-bond acceptors (Lipinski definition) is 4. The third-order valence-electron chi connectivity index (χ3n) is 4.86. The van der Waals surface area contributed by atoms with E-state index in [1.165, 1.54) is 15.4 Å². The molecule has 0 radical (unpaired) electrons. The first-order chi connectivity index (χ1) is 14.1. The predicted molar refractivity (Wildman–Crippen MR) is 137 cm³/mol. The van der Waals surface area contributed by atoms with Crippen molar-refractivity contribution in [2.75, 3.05) is 20.1 Å². The smallest absolute Gasteiger partial charge is 0.190 e. The summed E-state index contributed by atoms with van der Waals surface area (Å²) in [5, 5.41) is 12.6. The van der Waals surface area contributed by atoms with Crippen LogP contribution in [-0.4, -0.2) is 40.9 Å². The van der Waals surface area contributed by atoms with Crippen LogP contribution in [-0.2, 0) is 12.8 Å². The monoisotopic (exact) mass is 538 g/mol. The lowest BCUT2D eigenvalue weighted by molar-refractivity contribution is 0.736. The Bertz CT molecular complexity index is 928. The second kappa shape index (κ2) is 12.0. The van der Waals surface area contributed by atoms with Gasteiger partial charge in [0.2, 0.25) is 0 Å². The van der Waals surface area contributed by atoms with Crippen molar-refractivity contribution in [3.8, 4) is 5.69 Å². The van der Waals surface area contributed by atoms with E-state index >= 15 is 0 Å². The number of rotatable bonds is 8. The first-order valence-corrected chi connectivity index (χ1v) is 10.9. The zero-order valence-corrected chi connectivity index (χ0v) is 21.3. The van der Waals surface area contributed by atoms with Gasteiger partial charge in [0.25, 0.3) is 0 Å². The van der Waals surface area contributed by atoms with Crippen LogP contribution >= 0.6 is 35.3 Å². The van der Waals surface area contributed by atoms with Gasteiger partial charge < -0.3 is 10.6 Å². The van der Waals surface area contributed by atoms with Crippen LogP contribution in [0.5, 0.6) is 0 Å². The number of aromatic nitrogens is 3. The molecule has 0 atom stereocenters. The van der Waals surface area contributed by atoms with Crippen molar-refractivity contribution in [3.05, 3.63) is 63.4 Å². The van der Waals surface area contributed by atoms with E-state index in [1.54, 1.807) is 18.4 Å². The highest BCUT2D eigenvalue weighted by atomic mass is 127. The van der Waals surface area contributed by atoms with Gasteiger partial charge in [0.15, 0.2) is 5.96 Å². The Labute approximate surface area is 200 Å². The summed E-state index contributed by atoms with van der Waals surface area (Å²) < 4.78 is 1.96. The fourth-order valence-corrected chi connectivity index (χ4v) is 4.03. The number of hydrogen-bond donors (Lipinski definition) is 2. The van der Waals surface area contributed by atoms with Gasteiger partial charge in [-0.25, -0.2) is 9.67 Å². The number of thiazole rings is 1. The van der Waals surface area contributed by atoms with Crippen LogP contribution in [0.2, 0.25) is 0 Å². The largest absolute Gasteiger partial charge is 0.356 e. The molecular weight excluding hydrogens is 507 g/mol. The molecule has 0 aliphatic carbocycles. The van der Waals surface area contributed by atoms with Gasteiger partial charge in [-0.15, -0.1) is 35.3 Å². The molecule has 2 heterocycles. The summed E-state index contributed by atoms with van der Waals surface area (Å²) in [6, 6.07) is 10.2. The van der Waals surface area contributed by atoms with Gasteiger partial charge in [0, 0.05) is 37.6 Å². The molecule has 0 amide bonds. The van der Waals surface area contributed by atoms with E-state index in [1.807, 2.05) is 22.9 Å². The van der Waals surface area contributed by atoms with E-state index in [-0.39, 0.29) is 24.0 Å². The minimum atomic E-state index is 0. The lowest BCUT2D eigenvalue weighted by Gasteiger charge is -2.11. The maximum absolute atomic E-state index is 4.64. The molecule has 0 aliphatic heterocycles. The number of halogens is 1. The van der Waals surface area contributed by atoms with Crippen molar-refractivity contribution < 1.29 is 0 Å². The molecule has 8 heteroatoms. The predicted octanol–water partition coefficient (Wildman–Crippen LogP) is 4.21. The molecule has 0 aliphatic rings. The summed E-state index contributed by atoms with van der Waals surface area (Å²) in [7, 11) is 1.81. The van der Waals surface area contributed by atoms with Gasteiger partial charge in [-0.1, -0.05) is 18.2 Å². The molecule has 3 aromatic rings. The summed E-state index contributed by atoms with van der Waals surface area (Å²) in [5.41, 5.74) is 4.60. The molecule has 6 nitrogen and oxygen atoms in total. The van der Waals surface area contributed by atoms with Gasteiger partial charge in [0.05, 0.1) is 22.1 Å². The average molecular weight is 539 g/mol. The molecule has 1 aromatic carbocycles. The summed E-state index contributed by atoms with van der Waals surface area (Å²) in [6.45, 7) is 7.95. The zero-order valence-electron chi connectivity index (χ0n) is 18.1. The minimum absolute atomic E-state index is 0. The summed E-state index contributed by atoms with van der Waals surface area (Å²) >= 11 is 1.78. The van der Waals surface area contributed by atoms with Gasteiger partial charge in [-0.2, -0.15) is 5.10 Å². The second-order valence-electron chi connectivity index (χ2n) is 7.05. The highest BCUT2D eigenvalue weighted by molar-refractivity contribution is 14.0. The highest BCUT2D eigenvalue weighted by Crippen LogP contribution is 2.16. The molecule has 0 saturated carbocycles. The Hall–Kier alpha value is -1.94. The third kappa shape index (κ3) is 6.80. The molecule has 0 bridgehead atoms. The van der Waals surface area contributed by atoms with Crippen LogP contribution in [0.3, 0.4) is 0 Å². The normalized spacial score (nSPS) is 11.3. The van der Waals surface area contributed by atoms with Crippen LogP contribution in [0.4, 0.5) is 0 Å². The molecular formula is C22H31IN6S. The third-order valence-corrected chi connectivity index (χ3v) is 6.00. The SMILES string of the molecule is CN=C(NCCCc1cn(-c2ccccc2)nc1C)NCCc1nc(C)c(C)s1.I. The number of aryl methyl sites for hydroxylation is 4. The summed E-state index contributed by atoms with van der Waals surface area (Å²) in [5.74, 6) is 0.840. The van der Waals surface area contributed by atoms with Crippen LogP contribution < -0.4 is 10.6 Å². The molecule has 2 N–H and O–H groups in total. The molecule has 162 valence electrons. The molecule has 0 spiro atoms. The first kappa shape index (κ1) is 24.3. The number of nitrogens with one attached hydrogen (secondary N) is 2. The van der Waals surface area contributed by atoms with E-state index in [0.29, 0.717) is 0 Å². The van der Waals surface area contributed by atoms with Crippen LogP contribution in [0, 0.1) is 20.8 Å². The van der Waals surface area contributed by atoms with E-state index in [9.17, 15) is 0 Å². The standard InChI is InChI=1S/C22H30N6S.HI/c1-16-18(3)29-21(26-16)12-14-25-22(23-4)24-13-8-9-19-15-28(27-17(19)2)20-10-6-5-7-11-20;/h5-7,10-11,15H,8-9,12-14H2,1-4H3,(H2,23,24,25);1H. The maximum atomic E-state index is 4.64. The molecule has 2 aromatic heterocycles. The lowest BCUT2D eigenvalue weighted by atomic mass is 10.1. The molecule has 3 rings (SSSR count). The van der Waals surface area contributed by atoms with Crippen molar-refractivity contribution >= 4 is 41.3 Å². The lowest BCUT2D eigenvalue weighted by Crippen LogP contribution is -2.38. The van der Waals surface area contributed by atoms with Gasteiger partial charge in [0.1, 0.15) is 0 Å². The fourth-order valence-electron chi connectivity index (χ4n) is 3.09. The van der Waals surface area contributed by atoms with Crippen LogP contribution in [0.25, 0.3) is 5.69 Å². The van der Waals surface area contributed by atoms with Gasteiger partial charge >= 0.3 is 0 Å². The molecule has 0 fully saturated rings. The Morgan fingerprint density at radius 3 is 2.43 bits per heavy atom. The van der Waals surface area contributed by atoms with Crippen molar-refractivity contribution in [1.29, 1.82) is 0 Å². The zero-order chi connectivity index (χ0) is 20.6.